The van der Waals surface area contributed by atoms with E-state index in [1.165, 1.54) is 6.07 Å². The zero-order valence-corrected chi connectivity index (χ0v) is 21.9. The van der Waals surface area contributed by atoms with E-state index in [0.717, 1.165) is 11.1 Å². The zero-order valence-electron chi connectivity index (χ0n) is 21.1. The van der Waals surface area contributed by atoms with E-state index in [-0.39, 0.29) is 5.69 Å². The highest BCUT2D eigenvalue weighted by atomic mass is 35.5. The number of allylic oxidation sites excluding steroid dienone is 3. The normalized spacial score (nSPS) is 10.8. The highest BCUT2D eigenvalue weighted by molar-refractivity contribution is 6.30. The lowest BCUT2D eigenvalue weighted by atomic mass is 10.2. The number of anilines is 2. The Morgan fingerprint density at radius 3 is 2.49 bits per heavy atom. The van der Waals surface area contributed by atoms with Crippen LogP contribution in [0.4, 0.5) is 15.9 Å². The predicted molar refractivity (Wildman–Crippen MR) is 157 cm³/mol. The molecule has 0 aliphatic rings. The molecular formula is C30H33ClFN5. The van der Waals surface area contributed by atoms with Crippen LogP contribution in [-0.4, -0.2) is 16.1 Å². The largest absolute Gasteiger partial charge is 0.378 e. The number of hydrogen-bond acceptors (Lipinski definition) is 4. The molecule has 0 amide bonds. The van der Waals surface area contributed by atoms with E-state index in [0.29, 0.717) is 41.3 Å². The number of rotatable bonds is 12. The lowest BCUT2D eigenvalue weighted by Gasteiger charge is -2.12. The summed E-state index contributed by atoms with van der Waals surface area (Å²) < 4.78 is 16.2. The molecule has 3 N–H and O–H groups in total. The van der Waals surface area contributed by atoms with Crippen LogP contribution in [-0.2, 0) is 6.54 Å². The summed E-state index contributed by atoms with van der Waals surface area (Å²) in [6.45, 7) is 21.0. The molecule has 5 nitrogen and oxygen atoms in total. The monoisotopic (exact) mass is 517 g/mol. The van der Waals surface area contributed by atoms with Gasteiger partial charge in [0.2, 0.25) is 0 Å². The molecule has 0 radical (unpaired) electrons. The molecule has 3 rings (SSSR count). The zero-order chi connectivity index (χ0) is 27.2. The minimum Gasteiger partial charge on any atom is -0.378 e. The smallest absolute Gasteiger partial charge is 0.158 e. The van der Waals surface area contributed by atoms with Crippen LogP contribution in [0.25, 0.3) is 5.70 Å². The standard InChI is InChI=1S/C28H29ClFN5.C2H4/c1-5-7-11-22(6-2)17-31-20(3)28-34-27(19-35(28)18-23-12-9-8-10-13-23)33-21(4)32-26-15-14-24(29)16-25(26)30;1-2/h5-16,19,31-33H,1,3-4,17-18H2,2H3;1-2H2/b11-7-,22-6+;. The second-order valence-corrected chi connectivity index (χ2v) is 8.14. The van der Waals surface area contributed by atoms with Crippen LogP contribution in [0.2, 0.25) is 5.02 Å². The van der Waals surface area contributed by atoms with Crippen molar-refractivity contribution < 1.29 is 4.39 Å². The van der Waals surface area contributed by atoms with Crippen molar-refractivity contribution >= 4 is 28.8 Å². The average Bonchev–Trinajstić information content (AvgIpc) is 3.29. The van der Waals surface area contributed by atoms with Crippen molar-refractivity contribution in [1.29, 1.82) is 0 Å². The van der Waals surface area contributed by atoms with Crippen LogP contribution in [0, 0.1) is 5.82 Å². The maximum Gasteiger partial charge on any atom is 0.158 e. The Bertz CT molecular complexity index is 1270. The molecule has 3 aromatic rings. The number of halogens is 2. The lowest BCUT2D eigenvalue weighted by Crippen LogP contribution is -2.17. The summed E-state index contributed by atoms with van der Waals surface area (Å²) in [6.07, 6.45) is 9.51. The van der Waals surface area contributed by atoms with Gasteiger partial charge in [0.25, 0.3) is 0 Å². The van der Waals surface area contributed by atoms with E-state index in [1.54, 1.807) is 18.2 Å². The van der Waals surface area contributed by atoms with Gasteiger partial charge in [0.05, 0.1) is 11.4 Å². The Morgan fingerprint density at radius 2 is 1.84 bits per heavy atom. The molecule has 0 saturated carbocycles. The second kappa shape index (κ2) is 15.0. The summed E-state index contributed by atoms with van der Waals surface area (Å²) in [5.74, 6) is 1.11. The highest BCUT2D eigenvalue weighted by Gasteiger charge is 2.13. The van der Waals surface area contributed by atoms with Crippen LogP contribution in [0.15, 0.2) is 123 Å². The molecule has 0 aliphatic carbocycles. The van der Waals surface area contributed by atoms with Crippen LogP contribution >= 0.6 is 11.6 Å². The predicted octanol–water partition coefficient (Wildman–Crippen LogP) is 7.77. The fourth-order valence-electron chi connectivity index (χ4n) is 3.29. The summed E-state index contributed by atoms with van der Waals surface area (Å²) in [5, 5.41) is 9.68. The average molecular weight is 518 g/mol. The van der Waals surface area contributed by atoms with Gasteiger partial charge in [-0.1, -0.05) is 86.0 Å². The Balaban J connectivity index is 0.00000235. The summed E-state index contributed by atoms with van der Waals surface area (Å²) >= 11 is 5.83. The van der Waals surface area contributed by atoms with E-state index in [4.69, 9.17) is 16.6 Å². The third kappa shape index (κ3) is 9.02. The van der Waals surface area contributed by atoms with Gasteiger partial charge in [0, 0.05) is 24.3 Å². The maximum absolute atomic E-state index is 14.2. The molecule has 1 heterocycles. The number of nitrogens with zero attached hydrogens (tertiary/aromatic N) is 2. The van der Waals surface area contributed by atoms with Gasteiger partial charge >= 0.3 is 0 Å². The SMILES string of the molecule is C=C.C=C/C=C\C(=C/C)CNC(=C)c1nc(NC(=C)Nc2ccc(Cl)cc2F)cn1Cc1ccccc1. The molecule has 1 aromatic heterocycles. The molecular weight excluding hydrogens is 485 g/mol. The van der Waals surface area contributed by atoms with Crippen molar-refractivity contribution in [2.75, 3.05) is 17.2 Å². The van der Waals surface area contributed by atoms with Crippen LogP contribution in [0.1, 0.15) is 18.3 Å². The maximum atomic E-state index is 14.2. The number of aromatic nitrogens is 2. The van der Waals surface area contributed by atoms with E-state index in [1.807, 2.05) is 54.1 Å². The Morgan fingerprint density at radius 1 is 1.11 bits per heavy atom. The minimum absolute atomic E-state index is 0.258. The Hall–Kier alpha value is -4.29. The first kappa shape index (κ1) is 28.9. The van der Waals surface area contributed by atoms with Crippen LogP contribution in [0.3, 0.4) is 0 Å². The quantitative estimate of drug-likeness (QED) is 0.170. The molecule has 0 atom stereocenters. The summed E-state index contributed by atoms with van der Waals surface area (Å²) in [6, 6.07) is 14.5. The van der Waals surface area contributed by atoms with Crippen LogP contribution in [0.5, 0.6) is 0 Å². The van der Waals surface area contributed by atoms with Gasteiger partial charge in [-0.05, 0) is 36.3 Å². The van der Waals surface area contributed by atoms with Crippen LogP contribution < -0.4 is 16.0 Å². The van der Waals surface area contributed by atoms with Gasteiger partial charge in [-0.3, -0.25) is 0 Å². The summed E-state index contributed by atoms with van der Waals surface area (Å²) in [4.78, 5) is 4.71. The lowest BCUT2D eigenvalue weighted by molar-refractivity contribution is 0.631. The second-order valence-electron chi connectivity index (χ2n) is 7.71. The number of imidazole rings is 1. The van der Waals surface area contributed by atoms with Gasteiger partial charge in [-0.2, -0.15) is 0 Å². The van der Waals surface area contributed by atoms with Gasteiger partial charge in [0.15, 0.2) is 5.82 Å². The molecule has 0 saturated heterocycles. The van der Waals surface area contributed by atoms with Crippen molar-refractivity contribution in [2.24, 2.45) is 0 Å². The van der Waals surface area contributed by atoms with Crippen molar-refractivity contribution in [3.05, 3.63) is 146 Å². The number of hydrogen-bond donors (Lipinski definition) is 3. The Kier molecular flexibility index (Phi) is 11.7. The fraction of sp³-hybridized carbons (Fsp3) is 0.100. The first-order chi connectivity index (χ1) is 17.9. The fourth-order valence-corrected chi connectivity index (χ4v) is 3.45. The Labute approximate surface area is 224 Å². The molecule has 0 unspecified atom stereocenters. The van der Waals surface area contributed by atoms with E-state index >= 15 is 0 Å². The van der Waals surface area contributed by atoms with Gasteiger partial charge in [-0.15, -0.1) is 13.2 Å². The molecule has 0 bridgehead atoms. The summed E-state index contributed by atoms with van der Waals surface area (Å²) in [5.41, 5.74) is 3.14. The van der Waals surface area contributed by atoms with Crippen molar-refractivity contribution in [2.45, 2.75) is 13.5 Å². The third-order valence-corrected chi connectivity index (χ3v) is 5.30. The molecule has 0 fully saturated rings. The van der Waals surface area contributed by atoms with Crippen molar-refractivity contribution in [1.82, 2.24) is 14.9 Å². The molecule has 192 valence electrons. The van der Waals surface area contributed by atoms with E-state index in [9.17, 15) is 4.39 Å². The topological polar surface area (TPSA) is 53.9 Å². The molecule has 0 spiro atoms. The number of benzene rings is 2. The first-order valence-electron chi connectivity index (χ1n) is 11.6. The molecule has 37 heavy (non-hydrogen) atoms. The van der Waals surface area contributed by atoms with Crippen molar-refractivity contribution in [3.63, 3.8) is 0 Å². The van der Waals surface area contributed by atoms with Gasteiger partial charge in [0.1, 0.15) is 17.5 Å². The number of nitrogens with one attached hydrogen (secondary N) is 3. The van der Waals surface area contributed by atoms with E-state index in [2.05, 4.69) is 61.0 Å². The molecule has 7 heteroatoms. The third-order valence-electron chi connectivity index (χ3n) is 5.06. The summed E-state index contributed by atoms with van der Waals surface area (Å²) in [7, 11) is 0. The van der Waals surface area contributed by atoms with Crippen molar-refractivity contribution in [3.8, 4) is 0 Å². The van der Waals surface area contributed by atoms with E-state index < -0.39 is 5.82 Å². The molecule has 0 aliphatic heterocycles. The molecule has 2 aromatic carbocycles. The van der Waals surface area contributed by atoms with Gasteiger partial charge < -0.3 is 20.5 Å². The minimum atomic E-state index is -0.474. The first-order valence-corrected chi connectivity index (χ1v) is 11.9. The van der Waals surface area contributed by atoms with Gasteiger partial charge in [-0.25, -0.2) is 9.37 Å². The highest BCUT2D eigenvalue weighted by Crippen LogP contribution is 2.22.